The van der Waals surface area contributed by atoms with Crippen LogP contribution in [-0.4, -0.2) is 63.4 Å². The summed E-state index contributed by atoms with van der Waals surface area (Å²) in [5.41, 5.74) is 6.00. The number of methoxy groups -OCH3 is 1. The molecule has 41 heavy (non-hydrogen) atoms. The molecule has 1 N–H and O–H groups in total. The van der Waals surface area contributed by atoms with E-state index in [4.69, 9.17) is 4.74 Å². The monoisotopic (exact) mass is 549 g/mol. The number of hydrogen-bond acceptors (Lipinski definition) is 7. The average Bonchev–Trinajstić information content (AvgIpc) is 3.46. The van der Waals surface area contributed by atoms with Gasteiger partial charge in [-0.2, -0.15) is 0 Å². The van der Waals surface area contributed by atoms with Crippen LogP contribution in [0.4, 0.5) is 5.69 Å². The Kier molecular flexibility index (Phi) is 7.52. The molecule has 9 heteroatoms. The standard InChI is InChI=1S/C32H35N7O2/c1-22-19-25-21-26(32(40)33-27(25)20-23(22)2)30(31-34-35-36-39(31)14-13-24-9-5-4-6-10-24)38-17-15-37(16-18-38)28-11-7-8-12-29(28)41-3/h4-12,19-21,30H,13-18H2,1-3H3,(H,33,40)/t30-/m0/s1. The number of H-pyrrole nitrogens is 1. The topological polar surface area (TPSA) is 92.2 Å². The summed E-state index contributed by atoms with van der Waals surface area (Å²) in [6.45, 7) is 7.81. The fourth-order valence-corrected chi connectivity index (χ4v) is 5.75. The number of pyridine rings is 1. The summed E-state index contributed by atoms with van der Waals surface area (Å²) >= 11 is 0. The fourth-order valence-electron chi connectivity index (χ4n) is 5.75. The molecule has 0 aliphatic carbocycles. The minimum Gasteiger partial charge on any atom is -0.495 e. The van der Waals surface area contributed by atoms with E-state index in [0.29, 0.717) is 17.9 Å². The second kappa shape index (κ2) is 11.5. The Morgan fingerprint density at radius 1 is 0.927 bits per heavy atom. The van der Waals surface area contributed by atoms with Crippen molar-refractivity contribution in [3.8, 4) is 5.75 Å². The number of piperazine rings is 1. The molecule has 6 rings (SSSR count). The van der Waals surface area contributed by atoms with E-state index in [0.717, 1.165) is 60.5 Å². The number of anilines is 1. The molecule has 1 aliphatic heterocycles. The van der Waals surface area contributed by atoms with Crippen molar-refractivity contribution < 1.29 is 4.74 Å². The smallest absolute Gasteiger partial charge is 0.253 e. The first-order valence-corrected chi connectivity index (χ1v) is 14.1. The molecule has 0 radical (unpaired) electrons. The molecule has 0 saturated carbocycles. The minimum atomic E-state index is -0.393. The highest BCUT2D eigenvalue weighted by molar-refractivity contribution is 5.81. The highest BCUT2D eigenvalue weighted by Crippen LogP contribution is 2.32. The Labute approximate surface area is 239 Å². The van der Waals surface area contributed by atoms with Crippen molar-refractivity contribution in [3.05, 3.63) is 111 Å². The van der Waals surface area contributed by atoms with Gasteiger partial charge in [0.1, 0.15) is 11.8 Å². The lowest BCUT2D eigenvalue weighted by Crippen LogP contribution is -2.49. The van der Waals surface area contributed by atoms with Crippen molar-refractivity contribution in [2.45, 2.75) is 32.9 Å². The normalized spacial score (nSPS) is 14.9. The van der Waals surface area contributed by atoms with Crippen LogP contribution in [0.25, 0.3) is 10.9 Å². The van der Waals surface area contributed by atoms with E-state index in [1.165, 1.54) is 11.1 Å². The summed E-state index contributed by atoms with van der Waals surface area (Å²) in [5.74, 6) is 1.54. The molecular formula is C32H35N7O2. The summed E-state index contributed by atoms with van der Waals surface area (Å²) in [4.78, 5) is 21.5. The highest BCUT2D eigenvalue weighted by atomic mass is 16.5. The number of para-hydroxylation sites is 2. The molecule has 1 aliphatic rings. The highest BCUT2D eigenvalue weighted by Gasteiger charge is 2.33. The minimum absolute atomic E-state index is 0.115. The summed E-state index contributed by atoms with van der Waals surface area (Å²) in [5, 5.41) is 14.0. The third-order valence-corrected chi connectivity index (χ3v) is 8.15. The van der Waals surface area contributed by atoms with E-state index < -0.39 is 6.04 Å². The van der Waals surface area contributed by atoms with Crippen LogP contribution in [0.5, 0.6) is 5.75 Å². The Hall–Kier alpha value is -4.50. The lowest BCUT2D eigenvalue weighted by Gasteiger charge is -2.40. The maximum Gasteiger partial charge on any atom is 0.253 e. The summed E-state index contributed by atoms with van der Waals surface area (Å²) < 4.78 is 7.48. The number of aromatic amines is 1. The SMILES string of the molecule is COc1ccccc1N1CCN([C@@H](c2cc3cc(C)c(C)cc3[nH]c2=O)c2nnnn2CCc2ccccc2)CC1. The Bertz CT molecular complexity index is 1700. The van der Waals surface area contributed by atoms with Crippen molar-refractivity contribution in [2.75, 3.05) is 38.2 Å². The maximum atomic E-state index is 13.7. The molecule has 0 unspecified atom stereocenters. The third kappa shape index (κ3) is 5.45. The van der Waals surface area contributed by atoms with Crippen molar-refractivity contribution in [3.63, 3.8) is 0 Å². The number of tetrazole rings is 1. The van der Waals surface area contributed by atoms with Crippen LogP contribution in [0.3, 0.4) is 0 Å². The van der Waals surface area contributed by atoms with Crippen molar-refractivity contribution in [2.24, 2.45) is 0 Å². The summed E-state index contributed by atoms with van der Waals surface area (Å²) in [6.07, 6.45) is 0.791. The Balaban J connectivity index is 1.36. The van der Waals surface area contributed by atoms with Crippen molar-refractivity contribution in [1.29, 1.82) is 0 Å². The molecule has 1 fully saturated rings. The van der Waals surface area contributed by atoms with Crippen LogP contribution in [0.15, 0.2) is 77.6 Å². The van der Waals surface area contributed by atoms with Gasteiger partial charge in [-0.05, 0) is 83.1 Å². The van der Waals surface area contributed by atoms with E-state index in [-0.39, 0.29) is 5.56 Å². The summed E-state index contributed by atoms with van der Waals surface area (Å²) in [7, 11) is 1.70. The van der Waals surface area contributed by atoms with Gasteiger partial charge in [-0.3, -0.25) is 9.69 Å². The zero-order chi connectivity index (χ0) is 28.3. The first-order valence-electron chi connectivity index (χ1n) is 14.1. The van der Waals surface area contributed by atoms with E-state index in [1.54, 1.807) is 7.11 Å². The van der Waals surface area contributed by atoms with Crippen LogP contribution in [0, 0.1) is 13.8 Å². The molecule has 5 aromatic rings. The van der Waals surface area contributed by atoms with Crippen LogP contribution in [0.1, 0.15) is 34.1 Å². The first-order chi connectivity index (χ1) is 20.0. The van der Waals surface area contributed by atoms with Crippen molar-refractivity contribution >= 4 is 16.6 Å². The van der Waals surface area contributed by atoms with Crippen molar-refractivity contribution in [1.82, 2.24) is 30.1 Å². The fraction of sp³-hybridized carbons (Fsp3) is 0.312. The molecular weight excluding hydrogens is 514 g/mol. The number of aromatic nitrogens is 5. The van der Waals surface area contributed by atoms with Gasteiger partial charge in [0, 0.05) is 43.8 Å². The van der Waals surface area contributed by atoms with E-state index in [1.807, 2.05) is 53.2 Å². The Morgan fingerprint density at radius 2 is 1.66 bits per heavy atom. The molecule has 3 heterocycles. The predicted octanol–water partition coefficient (Wildman–Crippen LogP) is 4.29. The lowest BCUT2D eigenvalue weighted by molar-refractivity contribution is 0.199. The second-order valence-electron chi connectivity index (χ2n) is 10.7. The van der Waals surface area contributed by atoms with Crippen LogP contribution < -0.4 is 15.2 Å². The molecule has 0 spiro atoms. The van der Waals surface area contributed by atoms with Gasteiger partial charge in [0.15, 0.2) is 5.82 Å². The lowest BCUT2D eigenvalue weighted by atomic mass is 10.00. The molecule has 0 bridgehead atoms. The van der Waals surface area contributed by atoms with Gasteiger partial charge < -0.3 is 14.6 Å². The van der Waals surface area contributed by atoms with Gasteiger partial charge in [0.2, 0.25) is 0 Å². The maximum absolute atomic E-state index is 13.7. The molecule has 3 aromatic carbocycles. The number of fused-ring (bicyclic) bond motifs is 1. The summed E-state index contributed by atoms with van der Waals surface area (Å²) in [6, 6.07) is 24.2. The van der Waals surface area contributed by atoms with Gasteiger partial charge in [-0.15, -0.1) is 5.10 Å². The van der Waals surface area contributed by atoms with E-state index in [9.17, 15) is 4.79 Å². The number of aryl methyl sites for hydroxylation is 4. The molecule has 1 atom stereocenters. The average molecular weight is 550 g/mol. The van der Waals surface area contributed by atoms with E-state index >= 15 is 0 Å². The van der Waals surface area contributed by atoms with Crippen LogP contribution in [-0.2, 0) is 13.0 Å². The zero-order valence-electron chi connectivity index (χ0n) is 23.7. The van der Waals surface area contributed by atoms with Crippen LogP contribution >= 0.6 is 0 Å². The van der Waals surface area contributed by atoms with Gasteiger partial charge in [-0.1, -0.05) is 42.5 Å². The quantitative estimate of drug-likeness (QED) is 0.309. The second-order valence-corrected chi connectivity index (χ2v) is 10.7. The molecule has 210 valence electrons. The van der Waals surface area contributed by atoms with Gasteiger partial charge in [0.25, 0.3) is 5.56 Å². The predicted molar refractivity (Wildman–Crippen MR) is 161 cm³/mol. The van der Waals surface area contributed by atoms with Crippen LogP contribution in [0.2, 0.25) is 0 Å². The first kappa shape index (κ1) is 26.7. The zero-order valence-corrected chi connectivity index (χ0v) is 23.7. The van der Waals surface area contributed by atoms with Gasteiger partial charge in [-0.25, -0.2) is 4.68 Å². The number of ether oxygens (including phenoxy) is 1. The molecule has 9 nitrogen and oxygen atoms in total. The number of benzene rings is 3. The number of nitrogens with one attached hydrogen (secondary N) is 1. The molecule has 1 saturated heterocycles. The number of nitrogens with zero attached hydrogens (tertiary/aromatic N) is 6. The van der Waals surface area contributed by atoms with Gasteiger partial charge >= 0.3 is 0 Å². The third-order valence-electron chi connectivity index (χ3n) is 8.15. The number of rotatable bonds is 8. The molecule has 0 amide bonds. The van der Waals surface area contributed by atoms with Gasteiger partial charge in [0.05, 0.1) is 12.8 Å². The molecule has 2 aromatic heterocycles. The number of hydrogen-bond donors (Lipinski definition) is 1. The largest absolute Gasteiger partial charge is 0.495 e. The van der Waals surface area contributed by atoms with E-state index in [2.05, 4.69) is 68.4 Å². The Morgan fingerprint density at radius 3 is 2.44 bits per heavy atom.